The van der Waals surface area contributed by atoms with Gasteiger partial charge >= 0.3 is 0 Å². The van der Waals surface area contributed by atoms with Gasteiger partial charge in [0, 0.05) is 30.9 Å². The van der Waals surface area contributed by atoms with Crippen LogP contribution in [-0.2, 0) is 0 Å². The minimum absolute atomic E-state index is 0.290. The van der Waals surface area contributed by atoms with Crippen LogP contribution in [0.25, 0.3) is 17.3 Å². The molecule has 0 aliphatic rings. The van der Waals surface area contributed by atoms with Gasteiger partial charge in [-0.05, 0) is 48.5 Å². The Morgan fingerprint density at radius 2 is 2.08 bits per heavy atom. The largest absolute Gasteiger partial charge is 0.380 e. The van der Waals surface area contributed by atoms with Crippen LogP contribution in [-0.4, -0.2) is 29.8 Å². The third-order valence-electron chi connectivity index (χ3n) is 4.09. The highest BCUT2D eigenvalue weighted by Crippen LogP contribution is 2.25. The minimum Gasteiger partial charge on any atom is -0.380 e. The minimum atomic E-state index is -0.516. The average molecular weight is 351 g/mol. The van der Waals surface area contributed by atoms with Crippen LogP contribution in [0.1, 0.15) is 47.7 Å². The van der Waals surface area contributed by atoms with Crippen molar-refractivity contribution >= 4 is 12.4 Å². The SMILES string of the molecule is CCCCCN(C)/C=C\c1cc(-c2ccc(C#N)cn2)c(F)cc1C=O. The Morgan fingerprint density at radius 1 is 1.27 bits per heavy atom. The van der Waals surface area contributed by atoms with Gasteiger partial charge in [-0.2, -0.15) is 5.26 Å². The molecule has 0 radical (unpaired) electrons. The summed E-state index contributed by atoms with van der Waals surface area (Å²) in [7, 11) is 1.97. The lowest BCUT2D eigenvalue weighted by Gasteiger charge is -2.14. The Labute approximate surface area is 153 Å². The van der Waals surface area contributed by atoms with Gasteiger partial charge in [0.25, 0.3) is 0 Å². The third-order valence-corrected chi connectivity index (χ3v) is 4.09. The second-order valence-electron chi connectivity index (χ2n) is 6.13. The second kappa shape index (κ2) is 9.47. The Kier molecular flexibility index (Phi) is 7.04. The number of rotatable bonds is 8. The number of hydrogen-bond acceptors (Lipinski definition) is 4. The molecule has 0 aliphatic carbocycles. The fraction of sp³-hybridized carbons (Fsp3) is 0.286. The number of nitriles is 1. The van der Waals surface area contributed by atoms with Crippen LogP contribution in [0.2, 0.25) is 0 Å². The first kappa shape index (κ1) is 19.3. The summed E-state index contributed by atoms with van der Waals surface area (Å²) in [6, 6.07) is 8.01. The maximum Gasteiger partial charge on any atom is 0.150 e. The van der Waals surface area contributed by atoms with Crippen molar-refractivity contribution in [3.05, 3.63) is 59.2 Å². The molecule has 0 N–H and O–H groups in total. The van der Waals surface area contributed by atoms with Gasteiger partial charge in [-0.25, -0.2) is 4.39 Å². The number of pyridine rings is 1. The van der Waals surface area contributed by atoms with E-state index < -0.39 is 5.82 Å². The molecular formula is C21H22FN3O. The fourth-order valence-corrected chi connectivity index (χ4v) is 2.56. The maximum absolute atomic E-state index is 14.4. The van der Waals surface area contributed by atoms with Gasteiger partial charge in [0.2, 0.25) is 0 Å². The molecule has 1 aromatic heterocycles. The monoisotopic (exact) mass is 351 g/mol. The van der Waals surface area contributed by atoms with Crippen LogP contribution in [0, 0.1) is 17.1 Å². The van der Waals surface area contributed by atoms with Crippen LogP contribution in [0.4, 0.5) is 4.39 Å². The predicted octanol–water partition coefficient (Wildman–Crippen LogP) is 4.66. The molecule has 1 heterocycles. The fourth-order valence-electron chi connectivity index (χ4n) is 2.56. The van der Waals surface area contributed by atoms with E-state index in [9.17, 15) is 9.18 Å². The maximum atomic E-state index is 14.4. The molecule has 0 amide bonds. The molecule has 134 valence electrons. The van der Waals surface area contributed by atoms with Gasteiger partial charge in [0.15, 0.2) is 6.29 Å². The summed E-state index contributed by atoms with van der Waals surface area (Å²) in [5.41, 5.74) is 2.05. The standard InChI is InChI=1S/C21H22FN3O/c1-3-4-5-9-25(2)10-8-17-11-19(20(22)12-18(17)15-26)21-7-6-16(13-23)14-24-21/h6-8,10-12,14-15H,3-5,9H2,1-2H3/b10-8-. The molecule has 2 rings (SSSR count). The van der Waals surface area contributed by atoms with Gasteiger partial charge in [-0.15, -0.1) is 0 Å². The summed E-state index contributed by atoms with van der Waals surface area (Å²) in [4.78, 5) is 17.5. The van der Waals surface area contributed by atoms with Gasteiger partial charge in [0.05, 0.1) is 11.3 Å². The van der Waals surface area contributed by atoms with Crippen molar-refractivity contribution in [2.45, 2.75) is 26.2 Å². The zero-order valence-corrected chi connectivity index (χ0v) is 15.1. The van der Waals surface area contributed by atoms with Crippen LogP contribution < -0.4 is 0 Å². The van der Waals surface area contributed by atoms with Crippen molar-refractivity contribution in [1.82, 2.24) is 9.88 Å². The number of unbranched alkanes of at least 4 members (excludes halogenated alkanes) is 2. The number of nitrogens with zero attached hydrogens (tertiary/aromatic N) is 3. The highest BCUT2D eigenvalue weighted by atomic mass is 19.1. The van der Waals surface area contributed by atoms with Gasteiger partial charge < -0.3 is 4.90 Å². The van der Waals surface area contributed by atoms with Crippen LogP contribution >= 0.6 is 0 Å². The van der Waals surface area contributed by atoms with E-state index in [0.717, 1.165) is 19.4 Å². The van der Waals surface area contributed by atoms with E-state index in [1.54, 1.807) is 18.2 Å². The molecule has 4 nitrogen and oxygen atoms in total. The molecule has 0 aliphatic heterocycles. The number of carbonyl (C=O) groups is 1. The molecule has 0 saturated heterocycles. The topological polar surface area (TPSA) is 57.0 Å². The summed E-state index contributed by atoms with van der Waals surface area (Å²) in [6.07, 6.45) is 9.18. The predicted molar refractivity (Wildman–Crippen MR) is 101 cm³/mol. The normalized spacial score (nSPS) is 10.7. The number of halogens is 1. The van der Waals surface area contributed by atoms with Crippen LogP contribution in [0.5, 0.6) is 0 Å². The third kappa shape index (κ3) is 5.00. The van der Waals surface area contributed by atoms with E-state index in [-0.39, 0.29) is 5.56 Å². The lowest BCUT2D eigenvalue weighted by atomic mass is 10.0. The Morgan fingerprint density at radius 3 is 2.69 bits per heavy atom. The highest BCUT2D eigenvalue weighted by Gasteiger charge is 2.11. The van der Waals surface area contributed by atoms with E-state index in [1.807, 2.05) is 30.3 Å². The molecular weight excluding hydrogens is 329 g/mol. The molecule has 26 heavy (non-hydrogen) atoms. The Bertz CT molecular complexity index is 822. The second-order valence-corrected chi connectivity index (χ2v) is 6.13. The first-order valence-corrected chi connectivity index (χ1v) is 8.62. The van der Waals surface area contributed by atoms with Crippen molar-refractivity contribution in [3.8, 4) is 17.3 Å². The lowest BCUT2D eigenvalue weighted by Crippen LogP contribution is -2.11. The van der Waals surface area contributed by atoms with Crippen molar-refractivity contribution in [1.29, 1.82) is 5.26 Å². The molecule has 1 aromatic carbocycles. The van der Waals surface area contributed by atoms with E-state index in [4.69, 9.17) is 5.26 Å². The molecule has 0 saturated carbocycles. The number of benzene rings is 1. The number of hydrogen-bond donors (Lipinski definition) is 0. The van der Waals surface area contributed by atoms with Crippen molar-refractivity contribution in [2.75, 3.05) is 13.6 Å². The highest BCUT2D eigenvalue weighted by molar-refractivity contribution is 5.84. The van der Waals surface area contributed by atoms with E-state index >= 15 is 0 Å². The summed E-state index contributed by atoms with van der Waals surface area (Å²) in [6.45, 7) is 3.08. The Hall–Kier alpha value is -3.00. The van der Waals surface area contributed by atoms with Crippen LogP contribution in [0.15, 0.2) is 36.7 Å². The Balaban J connectivity index is 2.30. The number of aldehydes is 1. The van der Waals surface area contributed by atoms with E-state index in [2.05, 4.69) is 11.9 Å². The van der Waals surface area contributed by atoms with Gasteiger partial charge in [-0.1, -0.05) is 19.8 Å². The van der Waals surface area contributed by atoms with Gasteiger partial charge in [-0.3, -0.25) is 9.78 Å². The molecule has 0 atom stereocenters. The summed E-state index contributed by atoms with van der Waals surface area (Å²) in [5.74, 6) is -0.516. The van der Waals surface area contributed by atoms with Crippen molar-refractivity contribution in [2.24, 2.45) is 0 Å². The molecule has 0 bridgehead atoms. The van der Waals surface area contributed by atoms with Crippen LogP contribution in [0.3, 0.4) is 0 Å². The average Bonchev–Trinajstić information content (AvgIpc) is 2.67. The van der Waals surface area contributed by atoms with Gasteiger partial charge in [0.1, 0.15) is 11.9 Å². The molecule has 0 spiro atoms. The summed E-state index contributed by atoms with van der Waals surface area (Å²) in [5, 5.41) is 8.85. The molecule has 2 aromatic rings. The first-order valence-electron chi connectivity index (χ1n) is 8.62. The summed E-state index contributed by atoms with van der Waals surface area (Å²) < 4.78 is 14.4. The number of aromatic nitrogens is 1. The lowest BCUT2D eigenvalue weighted by molar-refractivity contribution is 0.112. The molecule has 5 heteroatoms. The molecule has 0 fully saturated rings. The first-order chi connectivity index (χ1) is 12.6. The quantitative estimate of drug-likeness (QED) is 0.512. The zero-order valence-electron chi connectivity index (χ0n) is 15.1. The van der Waals surface area contributed by atoms with E-state index in [1.165, 1.54) is 18.7 Å². The van der Waals surface area contributed by atoms with E-state index in [0.29, 0.717) is 28.7 Å². The summed E-state index contributed by atoms with van der Waals surface area (Å²) >= 11 is 0. The molecule has 0 unspecified atom stereocenters. The zero-order chi connectivity index (χ0) is 18.9. The van der Waals surface area contributed by atoms with Crippen molar-refractivity contribution < 1.29 is 9.18 Å². The smallest absolute Gasteiger partial charge is 0.150 e. The number of carbonyl (C=O) groups excluding carboxylic acids is 1. The van der Waals surface area contributed by atoms with Crippen molar-refractivity contribution in [3.63, 3.8) is 0 Å².